The third-order valence-electron chi connectivity index (χ3n) is 18.4. The van der Waals surface area contributed by atoms with Crippen LogP contribution >= 0.6 is 0 Å². The van der Waals surface area contributed by atoms with E-state index in [2.05, 4.69) is 261 Å². The fraction of sp³-hybridized carbons (Fsp3) is 0.0122. The molecular formula is C82H49N3. The minimum atomic E-state index is -0.491. The number of hydrogen-bond donors (Lipinski definition) is 0. The van der Waals surface area contributed by atoms with Crippen LogP contribution in [0.3, 0.4) is 0 Å². The van der Waals surface area contributed by atoms with Crippen molar-refractivity contribution in [3.05, 3.63) is 320 Å². The topological polar surface area (TPSA) is 38.7 Å². The van der Waals surface area contributed by atoms with Crippen molar-refractivity contribution in [3.63, 3.8) is 0 Å². The first-order valence-corrected chi connectivity index (χ1v) is 29.3. The van der Waals surface area contributed by atoms with Crippen molar-refractivity contribution in [3.8, 4) is 89.8 Å². The second-order valence-electron chi connectivity index (χ2n) is 22.9. The lowest BCUT2D eigenvalue weighted by Crippen LogP contribution is -2.28. The van der Waals surface area contributed by atoms with Gasteiger partial charge in [-0.25, -0.2) is 15.0 Å². The molecule has 0 saturated carbocycles. The summed E-state index contributed by atoms with van der Waals surface area (Å²) in [6.07, 6.45) is 0. The van der Waals surface area contributed by atoms with Crippen molar-refractivity contribution in [2.24, 2.45) is 0 Å². The van der Waals surface area contributed by atoms with E-state index >= 15 is 0 Å². The van der Waals surface area contributed by atoms with E-state index in [1.807, 2.05) is 36.4 Å². The molecule has 0 spiro atoms. The maximum atomic E-state index is 5.34. The van der Waals surface area contributed by atoms with Gasteiger partial charge in [0.25, 0.3) is 0 Å². The van der Waals surface area contributed by atoms with Gasteiger partial charge in [-0.15, -0.1) is 0 Å². The summed E-state index contributed by atoms with van der Waals surface area (Å²) < 4.78 is 0. The highest BCUT2D eigenvalue weighted by Gasteiger charge is 2.46. The van der Waals surface area contributed by atoms with Crippen LogP contribution < -0.4 is 0 Å². The standard InChI is InChI=1S/C82H49N3/c1-6-18-52(19-7-1)69-47-59-40-43-68-70(48-58-37-36-53-34-35-54-38-42-67(69)77-74(54)73(53)75(58)78(68)76(59)77)61-44-60(45-62(46-61)81-84-79(55-20-8-2-9-21-55)83-80(85-81)56-22-10-3-11-23-56)51-32-30-50(31-33-51)57-39-41-66-65-28-16-17-29-71(65)82(72(66)49-57,63-24-12-4-13-25-63)64-26-14-5-15-27-64/h1-49H. The normalized spacial score (nSPS) is 12.8. The summed E-state index contributed by atoms with van der Waals surface area (Å²) in [5.41, 5.74) is 19.2. The van der Waals surface area contributed by atoms with Gasteiger partial charge in [-0.1, -0.05) is 261 Å². The molecule has 0 amide bonds. The SMILES string of the molecule is c1ccc(-c2nc(-c3ccccc3)nc(-c3cc(-c4ccc(-c5ccc6c(c5)C(c5ccccc5)(c5ccccc5)c5ccccc5-6)cc4)cc(-c4cc5ccc6ccc7ccc8c(-c9ccccc9)cc9ccc4c4c5c6c7c8c94)c3)n2)cc1. The quantitative estimate of drug-likeness (QED) is 0.107. The lowest BCUT2D eigenvalue weighted by molar-refractivity contribution is 0.769. The molecular weight excluding hydrogens is 1030 g/mol. The van der Waals surface area contributed by atoms with Crippen LogP contribution in [-0.4, -0.2) is 15.0 Å². The van der Waals surface area contributed by atoms with E-state index in [1.54, 1.807) is 0 Å². The maximum absolute atomic E-state index is 5.34. The van der Waals surface area contributed by atoms with Crippen LogP contribution in [0, 0.1) is 0 Å². The number of nitrogens with zero attached hydrogens (tertiary/aromatic N) is 3. The zero-order valence-electron chi connectivity index (χ0n) is 46.1. The Morgan fingerprint density at radius 1 is 0.200 bits per heavy atom. The van der Waals surface area contributed by atoms with Gasteiger partial charge < -0.3 is 0 Å². The Balaban J connectivity index is 0.854. The van der Waals surface area contributed by atoms with Crippen LogP contribution in [0.15, 0.2) is 297 Å². The van der Waals surface area contributed by atoms with Gasteiger partial charge in [0.15, 0.2) is 17.5 Å². The molecule has 3 nitrogen and oxygen atoms in total. The van der Waals surface area contributed by atoms with Gasteiger partial charge in [-0.2, -0.15) is 0 Å². The number of aromatic nitrogens is 3. The van der Waals surface area contributed by atoms with Crippen molar-refractivity contribution in [1.82, 2.24) is 15.0 Å². The minimum Gasteiger partial charge on any atom is -0.208 e. The molecule has 0 fully saturated rings. The Bertz CT molecular complexity index is 5330. The molecule has 16 aromatic carbocycles. The van der Waals surface area contributed by atoms with Crippen molar-refractivity contribution in [2.75, 3.05) is 0 Å². The summed E-state index contributed by atoms with van der Waals surface area (Å²) in [6, 6.07) is 109. The highest BCUT2D eigenvalue weighted by molar-refractivity contribution is 6.46. The molecule has 18 rings (SSSR count). The molecule has 0 atom stereocenters. The van der Waals surface area contributed by atoms with Gasteiger partial charge in [0.1, 0.15) is 0 Å². The summed E-state index contributed by atoms with van der Waals surface area (Å²) in [5, 5.41) is 15.5. The van der Waals surface area contributed by atoms with E-state index in [0.29, 0.717) is 17.5 Å². The zero-order valence-corrected chi connectivity index (χ0v) is 46.1. The highest BCUT2D eigenvalue weighted by Crippen LogP contribution is 2.57. The van der Waals surface area contributed by atoms with E-state index in [4.69, 9.17) is 15.0 Å². The largest absolute Gasteiger partial charge is 0.208 e. The van der Waals surface area contributed by atoms with Gasteiger partial charge in [0.05, 0.1) is 5.41 Å². The van der Waals surface area contributed by atoms with E-state index in [0.717, 1.165) is 44.5 Å². The Kier molecular flexibility index (Phi) is 10.3. The fourth-order valence-corrected chi connectivity index (χ4v) is 14.7. The molecule has 392 valence electrons. The van der Waals surface area contributed by atoms with Crippen molar-refractivity contribution in [2.45, 2.75) is 5.41 Å². The molecule has 3 heteroatoms. The Labute approximate surface area is 491 Å². The molecule has 1 aromatic heterocycles. The summed E-state index contributed by atoms with van der Waals surface area (Å²) in [5.74, 6) is 1.87. The van der Waals surface area contributed by atoms with Gasteiger partial charge in [-0.3, -0.25) is 0 Å². The number of hydrogen-bond acceptors (Lipinski definition) is 3. The minimum absolute atomic E-state index is 0.491. The lowest BCUT2D eigenvalue weighted by Gasteiger charge is -2.34. The predicted molar refractivity (Wildman–Crippen MR) is 354 cm³/mol. The first-order valence-electron chi connectivity index (χ1n) is 29.3. The number of fused-ring (bicyclic) bond motifs is 3. The van der Waals surface area contributed by atoms with Gasteiger partial charge in [0, 0.05) is 16.7 Å². The van der Waals surface area contributed by atoms with E-state index in [1.165, 1.54) is 115 Å². The van der Waals surface area contributed by atoms with E-state index in [9.17, 15) is 0 Å². The van der Waals surface area contributed by atoms with Crippen LogP contribution in [0.4, 0.5) is 0 Å². The molecule has 1 aliphatic carbocycles. The van der Waals surface area contributed by atoms with Crippen LogP contribution in [0.1, 0.15) is 22.3 Å². The van der Waals surface area contributed by atoms with Crippen LogP contribution in [-0.2, 0) is 5.41 Å². The smallest absolute Gasteiger partial charge is 0.164 e. The monoisotopic (exact) mass is 1080 g/mol. The second-order valence-corrected chi connectivity index (χ2v) is 22.9. The number of rotatable bonds is 9. The lowest BCUT2D eigenvalue weighted by atomic mass is 9.67. The summed E-state index contributed by atoms with van der Waals surface area (Å²) in [6.45, 7) is 0. The van der Waals surface area contributed by atoms with Gasteiger partial charge in [-0.05, 0) is 179 Å². The van der Waals surface area contributed by atoms with Crippen molar-refractivity contribution < 1.29 is 0 Å². The Morgan fingerprint density at radius 3 is 1.18 bits per heavy atom. The van der Waals surface area contributed by atoms with Crippen LogP contribution in [0.25, 0.3) is 154 Å². The molecule has 17 aromatic rings. The molecule has 85 heavy (non-hydrogen) atoms. The summed E-state index contributed by atoms with van der Waals surface area (Å²) in [7, 11) is 0. The number of benzene rings is 16. The highest BCUT2D eigenvalue weighted by atomic mass is 15.0. The average molecular weight is 1080 g/mol. The predicted octanol–water partition coefficient (Wildman–Crippen LogP) is 21.1. The molecule has 1 heterocycles. The first-order chi connectivity index (χ1) is 42.1. The molecule has 0 aliphatic heterocycles. The Hall–Kier alpha value is -11.1. The molecule has 1 aliphatic rings. The van der Waals surface area contributed by atoms with E-state index < -0.39 is 5.41 Å². The molecule has 0 bridgehead atoms. The zero-order chi connectivity index (χ0) is 55.7. The maximum Gasteiger partial charge on any atom is 0.164 e. The first kappa shape index (κ1) is 47.5. The van der Waals surface area contributed by atoms with Crippen LogP contribution in [0.2, 0.25) is 0 Å². The third kappa shape index (κ3) is 7.11. The molecule has 0 N–H and O–H groups in total. The summed E-state index contributed by atoms with van der Waals surface area (Å²) >= 11 is 0. The Morgan fingerprint density at radius 2 is 0.588 bits per heavy atom. The van der Waals surface area contributed by atoms with Crippen molar-refractivity contribution >= 4 is 64.6 Å². The van der Waals surface area contributed by atoms with E-state index in [-0.39, 0.29) is 0 Å². The average Bonchev–Trinajstić information content (AvgIpc) is 1.56. The molecule has 0 unspecified atom stereocenters. The van der Waals surface area contributed by atoms with Crippen molar-refractivity contribution in [1.29, 1.82) is 0 Å². The van der Waals surface area contributed by atoms with Crippen LogP contribution in [0.5, 0.6) is 0 Å². The fourth-order valence-electron chi connectivity index (χ4n) is 14.7. The molecule has 0 radical (unpaired) electrons. The van der Waals surface area contributed by atoms with Gasteiger partial charge >= 0.3 is 0 Å². The third-order valence-corrected chi connectivity index (χ3v) is 18.4. The molecule has 0 saturated heterocycles. The summed E-state index contributed by atoms with van der Waals surface area (Å²) in [4.78, 5) is 15.8. The second kappa shape index (κ2) is 18.4. The van der Waals surface area contributed by atoms with Gasteiger partial charge in [0.2, 0.25) is 0 Å².